The Bertz CT molecular complexity index is 485. The van der Waals surface area contributed by atoms with Gasteiger partial charge in [-0.3, -0.25) is 4.79 Å². The van der Waals surface area contributed by atoms with E-state index < -0.39 is 0 Å². The number of unbranched alkanes of at least 4 members (excludes halogenated alkanes) is 14. The zero-order valence-corrected chi connectivity index (χ0v) is 19.4. The molecular weight excluding hydrogens is 354 g/mol. The number of carbonyl (C=O) groups is 1. The highest BCUT2D eigenvalue weighted by Gasteiger charge is 2.07. The molecule has 0 fully saturated rings. The fourth-order valence-corrected chi connectivity index (χ4v) is 3.91. The lowest BCUT2D eigenvalue weighted by Gasteiger charge is -2.13. The average molecular weight is 402 g/mol. The Balaban J connectivity index is 1.82. The molecule has 0 unspecified atom stereocenters. The highest BCUT2D eigenvalue weighted by molar-refractivity contribution is 5.75. The van der Waals surface area contributed by atoms with E-state index in [0.29, 0.717) is 12.3 Å². The third-order valence-electron chi connectivity index (χ3n) is 5.98. The van der Waals surface area contributed by atoms with Crippen molar-refractivity contribution in [2.75, 3.05) is 6.54 Å². The number of nitrogens with one attached hydrogen (secondary N) is 1. The monoisotopic (exact) mass is 401 g/mol. The van der Waals surface area contributed by atoms with Gasteiger partial charge in [0.05, 0.1) is 0 Å². The standard InChI is InChI=1S/C27H47NO/c1-3-4-5-6-7-8-9-10-11-12-13-14-15-16-20-23-27(29)28-24-25(2)26-21-18-17-19-22-26/h17-19,21-22,25H,3-16,20,23-24H2,1-2H3,(H,28,29)/t25-/m0/s1. The van der Waals surface area contributed by atoms with Crippen molar-refractivity contribution >= 4 is 5.91 Å². The summed E-state index contributed by atoms with van der Waals surface area (Å²) in [4.78, 5) is 12.0. The molecule has 0 radical (unpaired) electrons. The first-order chi connectivity index (χ1) is 14.2. The molecule has 0 saturated carbocycles. The van der Waals surface area contributed by atoms with Crippen LogP contribution >= 0.6 is 0 Å². The number of rotatable bonds is 19. The predicted octanol–water partition coefficient (Wildman–Crippen LogP) is 8.17. The zero-order chi connectivity index (χ0) is 21.0. The van der Waals surface area contributed by atoms with Gasteiger partial charge in [-0.25, -0.2) is 0 Å². The fourth-order valence-electron chi connectivity index (χ4n) is 3.91. The van der Waals surface area contributed by atoms with Crippen LogP contribution in [0.2, 0.25) is 0 Å². The Labute approximate surface area is 181 Å². The van der Waals surface area contributed by atoms with E-state index in [1.807, 2.05) is 6.07 Å². The minimum Gasteiger partial charge on any atom is -0.356 e. The fraction of sp³-hybridized carbons (Fsp3) is 0.741. The van der Waals surface area contributed by atoms with Crippen molar-refractivity contribution in [1.29, 1.82) is 0 Å². The first-order valence-corrected chi connectivity index (χ1v) is 12.6. The summed E-state index contributed by atoms with van der Waals surface area (Å²) in [5.41, 5.74) is 1.29. The highest BCUT2D eigenvalue weighted by Crippen LogP contribution is 2.15. The van der Waals surface area contributed by atoms with Crippen LogP contribution in [-0.2, 0) is 4.79 Å². The lowest BCUT2D eigenvalue weighted by atomic mass is 10.0. The number of benzene rings is 1. The number of hydrogen-bond acceptors (Lipinski definition) is 1. The number of hydrogen-bond donors (Lipinski definition) is 1. The summed E-state index contributed by atoms with van der Waals surface area (Å²) in [7, 11) is 0. The van der Waals surface area contributed by atoms with Crippen molar-refractivity contribution in [2.45, 2.75) is 122 Å². The summed E-state index contributed by atoms with van der Waals surface area (Å²) in [5, 5.41) is 3.09. The van der Waals surface area contributed by atoms with E-state index in [-0.39, 0.29) is 5.91 Å². The lowest BCUT2D eigenvalue weighted by Crippen LogP contribution is -2.27. The molecule has 0 aliphatic heterocycles. The van der Waals surface area contributed by atoms with Crippen LogP contribution in [0, 0.1) is 0 Å². The molecule has 0 spiro atoms. The molecule has 1 atom stereocenters. The van der Waals surface area contributed by atoms with E-state index in [0.717, 1.165) is 13.0 Å². The summed E-state index contributed by atoms with van der Waals surface area (Å²) in [6, 6.07) is 10.4. The van der Waals surface area contributed by atoms with Crippen molar-refractivity contribution < 1.29 is 4.79 Å². The molecule has 0 aliphatic carbocycles. The highest BCUT2D eigenvalue weighted by atomic mass is 16.1. The van der Waals surface area contributed by atoms with Crippen LogP contribution in [0.5, 0.6) is 0 Å². The Kier molecular flexibility index (Phi) is 16.6. The molecular formula is C27H47NO. The van der Waals surface area contributed by atoms with Crippen LogP contribution in [-0.4, -0.2) is 12.5 Å². The second-order valence-electron chi connectivity index (χ2n) is 8.82. The van der Waals surface area contributed by atoms with Crippen molar-refractivity contribution in [1.82, 2.24) is 5.32 Å². The van der Waals surface area contributed by atoms with Crippen molar-refractivity contribution in [3.8, 4) is 0 Å². The number of carbonyl (C=O) groups excluding carboxylic acids is 1. The van der Waals surface area contributed by atoms with Gasteiger partial charge in [0.25, 0.3) is 0 Å². The summed E-state index contributed by atoms with van der Waals surface area (Å²) >= 11 is 0. The van der Waals surface area contributed by atoms with Crippen LogP contribution < -0.4 is 5.32 Å². The minimum absolute atomic E-state index is 0.211. The van der Waals surface area contributed by atoms with E-state index >= 15 is 0 Å². The second-order valence-corrected chi connectivity index (χ2v) is 8.82. The van der Waals surface area contributed by atoms with E-state index in [9.17, 15) is 4.79 Å². The molecule has 1 N–H and O–H groups in total. The van der Waals surface area contributed by atoms with Crippen molar-refractivity contribution in [3.05, 3.63) is 35.9 Å². The third-order valence-corrected chi connectivity index (χ3v) is 5.98. The lowest BCUT2D eigenvalue weighted by molar-refractivity contribution is -0.121. The molecule has 0 aromatic heterocycles. The van der Waals surface area contributed by atoms with Gasteiger partial charge in [-0.15, -0.1) is 0 Å². The molecule has 29 heavy (non-hydrogen) atoms. The molecule has 2 nitrogen and oxygen atoms in total. The van der Waals surface area contributed by atoms with E-state index in [2.05, 4.69) is 43.4 Å². The SMILES string of the molecule is CCCCCCCCCCCCCCCCCC(=O)NC[C@H](C)c1ccccc1. The molecule has 166 valence electrons. The maximum atomic E-state index is 12.0. The van der Waals surface area contributed by atoms with E-state index in [4.69, 9.17) is 0 Å². The van der Waals surface area contributed by atoms with Crippen LogP contribution in [0.25, 0.3) is 0 Å². The Hall–Kier alpha value is -1.31. The average Bonchev–Trinajstić information content (AvgIpc) is 2.75. The zero-order valence-electron chi connectivity index (χ0n) is 19.4. The quantitative estimate of drug-likeness (QED) is 0.233. The molecule has 1 amide bonds. The summed E-state index contributed by atoms with van der Waals surface area (Å²) in [6.07, 6.45) is 21.1. The van der Waals surface area contributed by atoms with Gasteiger partial charge in [0.1, 0.15) is 0 Å². The molecule has 1 rings (SSSR count). The van der Waals surface area contributed by atoms with Gasteiger partial charge < -0.3 is 5.32 Å². The maximum absolute atomic E-state index is 12.0. The molecule has 0 bridgehead atoms. The third kappa shape index (κ3) is 15.2. The molecule has 0 aliphatic rings. The largest absolute Gasteiger partial charge is 0.356 e. The molecule has 1 aromatic carbocycles. The van der Waals surface area contributed by atoms with Crippen LogP contribution in [0.1, 0.15) is 128 Å². The number of amides is 1. The first-order valence-electron chi connectivity index (χ1n) is 12.6. The van der Waals surface area contributed by atoms with E-state index in [1.165, 1.54) is 95.5 Å². The topological polar surface area (TPSA) is 29.1 Å². The van der Waals surface area contributed by atoms with Gasteiger partial charge in [0.15, 0.2) is 0 Å². The Morgan fingerprint density at radius 3 is 1.66 bits per heavy atom. The minimum atomic E-state index is 0.211. The van der Waals surface area contributed by atoms with Crippen LogP contribution in [0.15, 0.2) is 30.3 Å². The molecule has 1 aromatic rings. The summed E-state index contributed by atoms with van der Waals surface area (Å²) in [6.45, 7) is 5.19. The van der Waals surface area contributed by atoms with Crippen molar-refractivity contribution in [2.24, 2.45) is 0 Å². The molecule has 0 heterocycles. The first kappa shape index (κ1) is 25.7. The predicted molar refractivity (Wildman–Crippen MR) is 127 cm³/mol. The van der Waals surface area contributed by atoms with Gasteiger partial charge in [-0.2, -0.15) is 0 Å². The smallest absolute Gasteiger partial charge is 0.220 e. The Morgan fingerprint density at radius 2 is 1.17 bits per heavy atom. The van der Waals surface area contributed by atoms with Gasteiger partial charge >= 0.3 is 0 Å². The van der Waals surface area contributed by atoms with Gasteiger partial charge in [-0.05, 0) is 17.9 Å². The Morgan fingerprint density at radius 1 is 0.724 bits per heavy atom. The second kappa shape index (κ2) is 18.7. The maximum Gasteiger partial charge on any atom is 0.220 e. The molecule has 0 saturated heterocycles. The van der Waals surface area contributed by atoms with Gasteiger partial charge in [0.2, 0.25) is 5.91 Å². The van der Waals surface area contributed by atoms with Crippen LogP contribution in [0.3, 0.4) is 0 Å². The summed E-state index contributed by atoms with van der Waals surface area (Å²) < 4.78 is 0. The van der Waals surface area contributed by atoms with Crippen LogP contribution in [0.4, 0.5) is 0 Å². The van der Waals surface area contributed by atoms with E-state index in [1.54, 1.807) is 0 Å². The van der Waals surface area contributed by atoms with Gasteiger partial charge in [-0.1, -0.05) is 134 Å². The van der Waals surface area contributed by atoms with Gasteiger partial charge in [0, 0.05) is 13.0 Å². The summed E-state index contributed by atoms with van der Waals surface area (Å²) in [5.74, 6) is 0.587. The van der Waals surface area contributed by atoms with Crippen molar-refractivity contribution in [3.63, 3.8) is 0 Å². The molecule has 2 heteroatoms. The normalized spacial score (nSPS) is 12.1.